The summed E-state index contributed by atoms with van der Waals surface area (Å²) in [6.07, 6.45) is 0. The summed E-state index contributed by atoms with van der Waals surface area (Å²) in [5.41, 5.74) is 17.6. The van der Waals surface area contributed by atoms with Crippen LogP contribution in [-0.2, 0) is 0 Å². The Morgan fingerprint density at radius 3 is 1.31 bits per heavy atom. The maximum absolute atomic E-state index is 6.25. The van der Waals surface area contributed by atoms with E-state index in [1.54, 1.807) is 0 Å². The largest absolute Gasteiger partial charge is 0.456 e. The minimum absolute atomic E-state index is 0.577. The average Bonchev–Trinajstić information content (AvgIpc) is 4.15. The Hall–Kier alpha value is -10.2. The summed E-state index contributed by atoms with van der Waals surface area (Å²) in [6.45, 7) is 0. The lowest BCUT2D eigenvalue weighted by atomic mass is 9.95. The van der Waals surface area contributed by atoms with E-state index in [1.165, 1.54) is 21.5 Å². The van der Waals surface area contributed by atoms with Crippen molar-refractivity contribution >= 4 is 65.6 Å². The monoisotopic (exact) mass is 957 g/mol. The molecule has 0 radical (unpaired) electrons. The lowest BCUT2D eigenvalue weighted by molar-refractivity contribution is 0.669. The maximum Gasteiger partial charge on any atom is 0.164 e. The first kappa shape index (κ1) is 42.5. The van der Waals surface area contributed by atoms with E-state index in [0.29, 0.717) is 17.5 Å². The molecule has 15 aromatic rings. The molecular formula is C69H43N5O. The van der Waals surface area contributed by atoms with Crippen LogP contribution in [0, 0.1) is 0 Å². The minimum Gasteiger partial charge on any atom is -0.456 e. The van der Waals surface area contributed by atoms with Gasteiger partial charge in [0.05, 0.1) is 33.4 Å². The van der Waals surface area contributed by atoms with Crippen molar-refractivity contribution in [3.05, 3.63) is 261 Å². The van der Waals surface area contributed by atoms with Crippen LogP contribution in [0.5, 0.6) is 0 Å². The van der Waals surface area contributed by atoms with Gasteiger partial charge in [-0.2, -0.15) is 0 Å². The quantitative estimate of drug-likeness (QED) is 0.152. The third kappa shape index (κ3) is 7.07. The van der Waals surface area contributed by atoms with Crippen molar-refractivity contribution in [2.75, 3.05) is 0 Å². The van der Waals surface area contributed by atoms with Gasteiger partial charge in [0.1, 0.15) is 11.2 Å². The zero-order valence-corrected chi connectivity index (χ0v) is 40.5. The summed E-state index contributed by atoms with van der Waals surface area (Å²) in [5, 5.41) is 7.00. The molecule has 6 nitrogen and oxygen atoms in total. The smallest absolute Gasteiger partial charge is 0.164 e. The maximum atomic E-state index is 6.25. The van der Waals surface area contributed by atoms with Crippen LogP contribution in [0.25, 0.3) is 144 Å². The first-order chi connectivity index (χ1) is 37.2. The van der Waals surface area contributed by atoms with Gasteiger partial charge in [-0.05, 0) is 95.1 Å². The summed E-state index contributed by atoms with van der Waals surface area (Å²) >= 11 is 0. The van der Waals surface area contributed by atoms with E-state index in [9.17, 15) is 0 Å². The number of fused-ring (bicyclic) bond motifs is 9. The van der Waals surface area contributed by atoms with Crippen LogP contribution in [-0.4, -0.2) is 24.1 Å². The van der Waals surface area contributed by atoms with Crippen molar-refractivity contribution in [2.24, 2.45) is 0 Å². The van der Waals surface area contributed by atoms with Gasteiger partial charge in [-0.25, -0.2) is 15.0 Å². The molecule has 0 fully saturated rings. The lowest BCUT2D eigenvalue weighted by Crippen LogP contribution is -2.03. The Kier molecular flexibility index (Phi) is 9.78. The number of benzene rings is 11. The van der Waals surface area contributed by atoms with Crippen molar-refractivity contribution in [3.63, 3.8) is 0 Å². The Bertz CT molecular complexity index is 4610. The van der Waals surface area contributed by atoms with E-state index >= 15 is 0 Å². The molecule has 4 heterocycles. The van der Waals surface area contributed by atoms with Crippen molar-refractivity contribution in [1.82, 2.24) is 24.1 Å². The fraction of sp³-hybridized carbons (Fsp3) is 0. The molecule has 0 aliphatic rings. The molecule has 0 saturated carbocycles. The van der Waals surface area contributed by atoms with Crippen LogP contribution >= 0.6 is 0 Å². The molecule has 4 aromatic heterocycles. The van der Waals surface area contributed by atoms with Crippen LogP contribution in [0.1, 0.15) is 0 Å². The van der Waals surface area contributed by atoms with Crippen molar-refractivity contribution in [1.29, 1.82) is 0 Å². The van der Waals surface area contributed by atoms with Gasteiger partial charge in [-0.1, -0.05) is 188 Å². The normalized spacial score (nSPS) is 11.7. The first-order valence-corrected chi connectivity index (χ1v) is 25.3. The zero-order chi connectivity index (χ0) is 49.4. The lowest BCUT2D eigenvalue weighted by Gasteiger charge is -2.17. The highest BCUT2D eigenvalue weighted by molar-refractivity contribution is 6.11. The van der Waals surface area contributed by atoms with E-state index in [0.717, 1.165) is 105 Å². The Labute approximate surface area is 431 Å². The second-order valence-electron chi connectivity index (χ2n) is 19.1. The number of rotatable bonds is 8. The van der Waals surface area contributed by atoms with Crippen molar-refractivity contribution < 1.29 is 4.42 Å². The van der Waals surface area contributed by atoms with E-state index in [2.05, 4.69) is 240 Å². The van der Waals surface area contributed by atoms with Gasteiger partial charge in [-0.3, -0.25) is 0 Å². The van der Waals surface area contributed by atoms with E-state index in [1.807, 2.05) is 30.3 Å². The van der Waals surface area contributed by atoms with Gasteiger partial charge in [0, 0.05) is 60.1 Å². The standard InChI is InChI=1S/C69H43N5O/c1-3-18-44(19-4-1)51-37-34-50(43-64(51)74-61-31-14-9-26-54(61)55-27-10-15-32-62(55)74)69-71-67(45-20-5-2-6-21-45)70-68(72-69)49-35-38-63(73-59-29-12-7-24-52(59)53-25-8-13-30-60(53)73)57(42-49)48-23-17-22-46(40-48)47-36-39-66-58(41-47)56-28-11-16-33-65(56)75-66/h1-43H. The van der Waals surface area contributed by atoms with Crippen LogP contribution < -0.4 is 0 Å². The SMILES string of the molecule is c1ccc(-c2nc(-c3ccc(-n4c5ccccc5c5ccccc54)c(-c4cccc(-c5ccc6oc7ccccc7c6c5)c4)c3)nc(-c3ccc(-c4ccccc4)c(-n4c5ccccc5c5ccccc54)c3)n2)cc1. The van der Waals surface area contributed by atoms with Crippen molar-refractivity contribution in [2.45, 2.75) is 0 Å². The molecule has 15 rings (SSSR count). The molecule has 0 atom stereocenters. The number of aromatic nitrogens is 5. The highest BCUT2D eigenvalue weighted by atomic mass is 16.3. The molecule has 6 heteroatoms. The highest BCUT2D eigenvalue weighted by Gasteiger charge is 2.22. The molecular weight excluding hydrogens is 915 g/mol. The second-order valence-corrected chi connectivity index (χ2v) is 19.1. The Morgan fingerprint density at radius 1 is 0.240 bits per heavy atom. The fourth-order valence-corrected chi connectivity index (χ4v) is 11.3. The predicted octanol–water partition coefficient (Wildman–Crippen LogP) is 18.0. The van der Waals surface area contributed by atoms with Gasteiger partial charge in [0.25, 0.3) is 0 Å². The number of furan rings is 1. The van der Waals surface area contributed by atoms with Crippen LogP contribution in [0.15, 0.2) is 265 Å². The number of para-hydroxylation sites is 5. The molecule has 0 saturated heterocycles. The summed E-state index contributed by atoms with van der Waals surface area (Å²) in [4.78, 5) is 16.1. The molecule has 0 bridgehead atoms. The number of hydrogen-bond donors (Lipinski definition) is 0. The average molecular weight is 958 g/mol. The number of nitrogens with zero attached hydrogens (tertiary/aromatic N) is 5. The Morgan fingerprint density at radius 2 is 0.680 bits per heavy atom. The number of hydrogen-bond acceptors (Lipinski definition) is 4. The minimum atomic E-state index is 0.577. The molecule has 75 heavy (non-hydrogen) atoms. The topological polar surface area (TPSA) is 61.7 Å². The molecule has 0 aliphatic heterocycles. The summed E-state index contributed by atoms with van der Waals surface area (Å²) < 4.78 is 11.0. The van der Waals surface area contributed by atoms with Crippen LogP contribution in [0.4, 0.5) is 0 Å². The summed E-state index contributed by atoms with van der Waals surface area (Å²) in [7, 11) is 0. The highest BCUT2D eigenvalue weighted by Crippen LogP contribution is 2.42. The molecule has 0 aliphatic carbocycles. The molecule has 0 amide bonds. The molecule has 0 spiro atoms. The van der Waals surface area contributed by atoms with Gasteiger partial charge >= 0.3 is 0 Å². The molecule has 11 aromatic carbocycles. The third-order valence-corrected chi connectivity index (χ3v) is 14.8. The molecule has 350 valence electrons. The zero-order valence-electron chi connectivity index (χ0n) is 40.5. The molecule has 0 unspecified atom stereocenters. The predicted molar refractivity (Wildman–Crippen MR) is 308 cm³/mol. The van der Waals surface area contributed by atoms with E-state index in [-0.39, 0.29) is 0 Å². The van der Waals surface area contributed by atoms with Gasteiger partial charge < -0.3 is 13.6 Å². The first-order valence-electron chi connectivity index (χ1n) is 25.3. The summed E-state index contributed by atoms with van der Waals surface area (Å²) in [6, 6.07) is 92.4. The fourth-order valence-electron chi connectivity index (χ4n) is 11.3. The van der Waals surface area contributed by atoms with E-state index < -0.39 is 0 Å². The van der Waals surface area contributed by atoms with Crippen molar-refractivity contribution in [3.8, 4) is 78.9 Å². The van der Waals surface area contributed by atoms with Crippen LogP contribution in [0.2, 0.25) is 0 Å². The van der Waals surface area contributed by atoms with E-state index in [4.69, 9.17) is 19.4 Å². The summed E-state index contributed by atoms with van der Waals surface area (Å²) in [5.74, 6) is 1.75. The Balaban J connectivity index is 0.951. The van der Waals surface area contributed by atoms with Gasteiger partial charge in [0.15, 0.2) is 17.5 Å². The van der Waals surface area contributed by atoms with Gasteiger partial charge in [0.2, 0.25) is 0 Å². The van der Waals surface area contributed by atoms with Gasteiger partial charge in [-0.15, -0.1) is 0 Å². The second kappa shape index (κ2) is 17.3. The van der Waals surface area contributed by atoms with Crippen LogP contribution in [0.3, 0.4) is 0 Å². The molecule has 0 N–H and O–H groups in total. The third-order valence-electron chi connectivity index (χ3n) is 14.8.